The third-order valence-corrected chi connectivity index (χ3v) is 3.27. The van der Waals surface area contributed by atoms with Gasteiger partial charge in [0.15, 0.2) is 0 Å². The number of amides is 1. The van der Waals surface area contributed by atoms with Crippen LogP contribution >= 0.6 is 11.3 Å². The van der Waals surface area contributed by atoms with E-state index in [0.717, 1.165) is 5.01 Å². The highest BCUT2D eigenvalue weighted by Gasteiger charge is 2.10. The molecule has 0 saturated carbocycles. The second-order valence-corrected chi connectivity index (χ2v) is 4.89. The second-order valence-electron chi connectivity index (χ2n) is 3.96. The van der Waals surface area contributed by atoms with Gasteiger partial charge in [-0.15, -0.1) is 11.3 Å². The molecular formula is C11H18N2O2S. The van der Waals surface area contributed by atoms with Crippen molar-refractivity contribution >= 4 is 17.2 Å². The Balaban J connectivity index is 2.21. The summed E-state index contributed by atoms with van der Waals surface area (Å²) in [6.07, 6.45) is 2.24. The quantitative estimate of drug-likeness (QED) is 0.795. The number of aliphatic hydroxyl groups excluding tert-OH is 1. The van der Waals surface area contributed by atoms with Crippen LogP contribution in [0.1, 0.15) is 37.6 Å². The summed E-state index contributed by atoms with van der Waals surface area (Å²) < 4.78 is 0. The Morgan fingerprint density at radius 3 is 2.94 bits per heavy atom. The molecule has 5 heteroatoms. The molecule has 0 aliphatic heterocycles. The van der Waals surface area contributed by atoms with Crippen LogP contribution in [0.2, 0.25) is 0 Å². The van der Waals surface area contributed by atoms with Crippen LogP contribution in [0.25, 0.3) is 0 Å². The normalized spacial score (nSPS) is 14.4. The summed E-state index contributed by atoms with van der Waals surface area (Å²) in [5.74, 6) is 0.236. The summed E-state index contributed by atoms with van der Waals surface area (Å²) in [4.78, 5) is 15.6. The van der Waals surface area contributed by atoms with Crippen molar-refractivity contribution in [1.82, 2.24) is 10.3 Å². The highest BCUT2D eigenvalue weighted by molar-refractivity contribution is 7.09. The molecule has 2 N–H and O–H groups in total. The van der Waals surface area contributed by atoms with Gasteiger partial charge in [0.1, 0.15) is 0 Å². The Morgan fingerprint density at radius 1 is 1.62 bits per heavy atom. The SMILES string of the molecule is CC(O)CCC(=O)NCC(C)c1nccs1. The number of nitrogens with zero attached hydrogens (tertiary/aromatic N) is 1. The summed E-state index contributed by atoms with van der Waals surface area (Å²) in [6.45, 7) is 4.32. The first-order valence-corrected chi connectivity index (χ1v) is 6.31. The molecule has 0 aromatic carbocycles. The molecule has 90 valence electrons. The highest BCUT2D eigenvalue weighted by atomic mass is 32.1. The van der Waals surface area contributed by atoms with Crippen molar-refractivity contribution in [2.45, 2.75) is 38.7 Å². The molecular weight excluding hydrogens is 224 g/mol. The molecule has 2 unspecified atom stereocenters. The fraction of sp³-hybridized carbons (Fsp3) is 0.636. The Bertz CT molecular complexity index is 312. The molecule has 1 heterocycles. The first-order valence-electron chi connectivity index (χ1n) is 5.43. The summed E-state index contributed by atoms with van der Waals surface area (Å²) in [6, 6.07) is 0. The molecule has 0 fully saturated rings. The van der Waals surface area contributed by atoms with E-state index in [4.69, 9.17) is 5.11 Å². The van der Waals surface area contributed by atoms with E-state index in [1.54, 1.807) is 24.5 Å². The molecule has 1 aromatic rings. The van der Waals surface area contributed by atoms with Crippen molar-refractivity contribution in [1.29, 1.82) is 0 Å². The van der Waals surface area contributed by atoms with Gasteiger partial charge in [-0.25, -0.2) is 4.98 Å². The van der Waals surface area contributed by atoms with Gasteiger partial charge in [0, 0.05) is 30.5 Å². The average molecular weight is 242 g/mol. The maximum atomic E-state index is 11.4. The third kappa shape index (κ3) is 4.72. The van der Waals surface area contributed by atoms with E-state index in [0.29, 0.717) is 19.4 Å². The summed E-state index contributed by atoms with van der Waals surface area (Å²) >= 11 is 1.60. The van der Waals surface area contributed by atoms with Crippen molar-refractivity contribution < 1.29 is 9.90 Å². The fourth-order valence-electron chi connectivity index (χ4n) is 1.26. The molecule has 1 rings (SSSR count). The van der Waals surface area contributed by atoms with Gasteiger partial charge in [-0.05, 0) is 13.3 Å². The lowest BCUT2D eigenvalue weighted by Gasteiger charge is -2.10. The minimum absolute atomic E-state index is 0.00990. The molecule has 16 heavy (non-hydrogen) atoms. The van der Waals surface area contributed by atoms with E-state index in [-0.39, 0.29) is 11.8 Å². The van der Waals surface area contributed by atoms with Gasteiger partial charge in [-0.1, -0.05) is 6.92 Å². The number of carbonyl (C=O) groups is 1. The van der Waals surface area contributed by atoms with Crippen LogP contribution in [0.15, 0.2) is 11.6 Å². The smallest absolute Gasteiger partial charge is 0.220 e. The van der Waals surface area contributed by atoms with Crippen LogP contribution in [-0.2, 0) is 4.79 Å². The maximum Gasteiger partial charge on any atom is 0.220 e. The number of thiazole rings is 1. The van der Waals surface area contributed by atoms with Crippen LogP contribution in [0.5, 0.6) is 0 Å². The average Bonchev–Trinajstić information content (AvgIpc) is 2.76. The third-order valence-electron chi connectivity index (χ3n) is 2.27. The molecule has 2 atom stereocenters. The lowest BCUT2D eigenvalue weighted by atomic mass is 10.2. The molecule has 1 amide bonds. The number of aliphatic hydroxyl groups is 1. The monoisotopic (exact) mass is 242 g/mol. The van der Waals surface area contributed by atoms with Gasteiger partial charge in [0.25, 0.3) is 0 Å². The zero-order chi connectivity index (χ0) is 12.0. The van der Waals surface area contributed by atoms with E-state index in [2.05, 4.69) is 10.3 Å². The van der Waals surface area contributed by atoms with Crippen LogP contribution in [0, 0.1) is 0 Å². The van der Waals surface area contributed by atoms with E-state index in [1.165, 1.54) is 0 Å². The van der Waals surface area contributed by atoms with E-state index >= 15 is 0 Å². The Morgan fingerprint density at radius 2 is 2.38 bits per heavy atom. The van der Waals surface area contributed by atoms with Gasteiger partial charge in [-0.2, -0.15) is 0 Å². The zero-order valence-electron chi connectivity index (χ0n) is 9.64. The van der Waals surface area contributed by atoms with Gasteiger partial charge < -0.3 is 10.4 Å². The first kappa shape index (κ1) is 13.1. The van der Waals surface area contributed by atoms with Crippen LogP contribution in [0.3, 0.4) is 0 Å². The number of hydrogen-bond acceptors (Lipinski definition) is 4. The highest BCUT2D eigenvalue weighted by Crippen LogP contribution is 2.16. The minimum Gasteiger partial charge on any atom is -0.393 e. The van der Waals surface area contributed by atoms with Crippen molar-refractivity contribution in [2.75, 3.05) is 6.54 Å². The van der Waals surface area contributed by atoms with Crippen molar-refractivity contribution in [3.8, 4) is 0 Å². The van der Waals surface area contributed by atoms with Gasteiger partial charge in [0.2, 0.25) is 5.91 Å². The fourth-order valence-corrected chi connectivity index (χ4v) is 1.96. The molecule has 4 nitrogen and oxygen atoms in total. The molecule has 1 aromatic heterocycles. The number of rotatable bonds is 6. The predicted molar refractivity (Wildman–Crippen MR) is 64.5 cm³/mol. The summed E-state index contributed by atoms with van der Waals surface area (Å²) in [5, 5.41) is 14.9. The minimum atomic E-state index is -0.415. The lowest BCUT2D eigenvalue weighted by molar-refractivity contribution is -0.121. The largest absolute Gasteiger partial charge is 0.393 e. The van der Waals surface area contributed by atoms with E-state index < -0.39 is 6.10 Å². The summed E-state index contributed by atoms with van der Waals surface area (Å²) in [7, 11) is 0. The Hall–Kier alpha value is -0.940. The second kappa shape index (κ2) is 6.60. The Kier molecular flexibility index (Phi) is 5.42. The molecule has 0 radical (unpaired) electrons. The van der Waals surface area contributed by atoms with Gasteiger partial charge in [-0.3, -0.25) is 4.79 Å². The molecule has 0 saturated heterocycles. The standard InChI is InChI=1S/C11H18N2O2S/c1-8(11-12-5-6-16-11)7-13-10(15)4-3-9(2)14/h5-6,8-9,14H,3-4,7H2,1-2H3,(H,13,15). The number of hydrogen-bond donors (Lipinski definition) is 2. The molecule has 0 bridgehead atoms. The predicted octanol–water partition coefficient (Wildman–Crippen LogP) is 1.52. The first-order chi connectivity index (χ1) is 7.59. The molecule has 0 aliphatic carbocycles. The lowest BCUT2D eigenvalue weighted by Crippen LogP contribution is -2.27. The number of aromatic nitrogens is 1. The Labute approximate surface area is 99.7 Å². The van der Waals surface area contributed by atoms with Gasteiger partial charge in [0.05, 0.1) is 11.1 Å². The molecule has 0 aliphatic rings. The van der Waals surface area contributed by atoms with E-state index in [1.807, 2.05) is 12.3 Å². The zero-order valence-corrected chi connectivity index (χ0v) is 10.5. The van der Waals surface area contributed by atoms with Crippen LogP contribution in [-0.4, -0.2) is 28.6 Å². The van der Waals surface area contributed by atoms with Crippen LogP contribution < -0.4 is 5.32 Å². The van der Waals surface area contributed by atoms with Gasteiger partial charge >= 0.3 is 0 Å². The van der Waals surface area contributed by atoms with Crippen molar-refractivity contribution in [3.63, 3.8) is 0 Å². The number of carbonyl (C=O) groups excluding carboxylic acids is 1. The van der Waals surface area contributed by atoms with E-state index in [9.17, 15) is 4.79 Å². The summed E-state index contributed by atoms with van der Waals surface area (Å²) in [5.41, 5.74) is 0. The van der Waals surface area contributed by atoms with Crippen molar-refractivity contribution in [3.05, 3.63) is 16.6 Å². The topological polar surface area (TPSA) is 62.2 Å². The van der Waals surface area contributed by atoms with Crippen molar-refractivity contribution in [2.24, 2.45) is 0 Å². The maximum absolute atomic E-state index is 11.4. The molecule has 0 spiro atoms. The van der Waals surface area contributed by atoms with Crippen LogP contribution in [0.4, 0.5) is 0 Å². The number of nitrogens with one attached hydrogen (secondary N) is 1.